The maximum atomic E-state index is 12.5. The van der Waals surface area contributed by atoms with E-state index in [0.717, 1.165) is 4.90 Å². The number of sulfonamides is 1. The van der Waals surface area contributed by atoms with Crippen LogP contribution < -0.4 is 10.5 Å². The average molecular weight is 387 g/mol. The Morgan fingerprint density at radius 2 is 1.81 bits per heavy atom. The van der Waals surface area contributed by atoms with Gasteiger partial charge in [0.1, 0.15) is 0 Å². The number of benzene rings is 2. The minimum atomic E-state index is -3.66. The summed E-state index contributed by atoms with van der Waals surface area (Å²) in [5, 5.41) is 0. The van der Waals surface area contributed by atoms with Gasteiger partial charge in [0.25, 0.3) is 10.0 Å². The molecule has 112 valence electrons. The van der Waals surface area contributed by atoms with Crippen molar-refractivity contribution in [3.05, 3.63) is 46.4 Å². The van der Waals surface area contributed by atoms with Crippen molar-refractivity contribution in [2.24, 2.45) is 0 Å². The van der Waals surface area contributed by atoms with Crippen LogP contribution in [0.5, 0.6) is 0 Å². The van der Waals surface area contributed by atoms with Gasteiger partial charge in [-0.1, -0.05) is 0 Å². The third-order valence-electron chi connectivity index (χ3n) is 2.93. The maximum absolute atomic E-state index is 12.5. The zero-order valence-electron chi connectivity index (χ0n) is 11.6. The van der Waals surface area contributed by atoms with Crippen molar-refractivity contribution in [1.29, 1.82) is 0 Å². The van der Waals surface area contributed by atoms with E-state index in [4.69, 9.17) is 5.73 Å². The third kappa shape index (κ3) is 3.72. The molecule has 4 nitrogen and oxygen atoms in total. The van der Waals surface area contributed by atoms with Gasteiger partial charge >= 0.3 is 0 Å². The molecule has 21 heavy (non-hydrogen) atoms. The van der Waals surface area contributed by atoms with Gasteiger partial charge in [0.05, 0.1) is 4.90 Å². The summed E-state index contributed by atoms with van der Waals surface area (Å²) in [6.45, 7) is 1.73. The molecule has 7 heteroatoms. The molecule has 0 spiro atoms. The summed E-state index contributed by atoms with van der Waals surface area (Å²) in [5.41, 5.74) is 7.31. The summed E-state index contributed by atoms with van der Waals surface area (Å²) in [7, 11) is -3.66. The number of nitrogens with one attached hydrogen (secondary N) is 1. The molecular weight excluding hydrogens is 372 g/mol. The molecule has 0 radical (unpaired) electrons. The van der Waals surface area contributed by atoms with Gasteiger partial charge in [0.15, 0.2) is 0 Å². The molecule has 2 rings (SSSR count). The number of nitrogens with two attached hydrogens (primary N) is 1. The number of halogens is 1. The lowest BCUT2D eigenvalue weighted by atomic mass is 10.2. The second kappa shape index (κ2) is 6.29. The highest BCUT2D eigenvalue weighted by atomic mass is 79.9. The first-order chi connectivity index (χ1) is 9.83. The van der Waals surface area contributed by atoms with Gasteiger partial charge in [0, 0.05) is 20.7 Å². The molecular formula is C14H15BrN2O2S2. The largest absolute Gasteiger partial charge is 0.398 e. The molecule has 3 N–H and O–H groups in total. The van der Waals surface area contributed by atoms with Crippen LogP contribution in [0, 0.1) is 6.92 Å². The Hall–Kier alpha value is -1.18. The molecule has 0 fully saturated rings. The number of hydrogen-bond donors (Lipinski definition) is 2. The van der Waals surface area contributed by atoms with E-state index in [1.165, 1.54) is 6.07 Å². The minimum absolute atomic E-state index is 0.178. The molecule has 0 heterocycles. The summed E-state index contributed by atoms with van der Waals surface area (Å²) < 4.78 is 28.2. The Morgan fingerprint density at radius 1 is 1.19 bits per heavy atom. The van der Waals surface area contributed by atoms with Crippen molar-refractivity contribution in [3.8, 4) is 0 Å². The summed E-state index contributed by atoms with van der Waals surface area (Å²) in [6, 6.07) is 10.4. The van der Waals surface area contributed by atoms with Gasteiger partial charge in [-0.15, -0.1) is 11.8 Å². The SMILES string of the molecule is CSc1ccc(NS(=O)(=O)c2cc(N)c(Br)cc2C)cc1. The second-order valence-corrected chi connectivity index (χ2v) is 7.86. The first kappa shape index (κ1) is 16.2. The van der Waals surface area contributed by atoms with E-state index in [9.17, 15) is 8.42 Å². The third-order valence-corrected chi connectivity index (χ3v) is 5.88. The van der Waals surface area contributed by atoms with Crippen LogP contribution in [-0.4, -0.2) is 14.7 Å². The predicted molar refractivity (Wildman–Crippen MR) is 92.3 cm³/mol. The summed E-state index contributed by atoms with van der Waals surface area (Å²) >= 11 is 4.89. The lowest BCUT2D eigenvalue weighted by molar-refractivity contribution is 0.600. The van der Waals surface area contributed by atoms with Gasteiger partial charge in [-0.2, -0.15) is 0 Å². The number of rotatable bonds is 4. The lowest BCUT2D eigenvalue weighted by Gasteiger charge is -2.12. The summed E-state index contributed by atoms with van der Waals surface area (Å²) in [5.74, 6) is 0. The van der Waals surface area contributed by atoms with E-state index in [1.54, 1.807) is 36.9 Å². The van der Waals surface area contributed by atoms with Crippen molar-refractivity contribution in [2.75, 3.05) is 16.7 Å². The predicted octanol–water partition coefficient (Wildman–Crippen LogP) is 3.86. The van der Waals surface area contributed by atoms with Crippen molar-refractivity contribution >= 4 is 49.1 Å². The van der Waals surface area contributed by atoms with Crippen LogP contribution in [0.1, 0.15) is 5.56 Å². The van der Waals surface area contributed by atoms with Crippen LogP contribution in [-0.2, 0) is 10.0 Å². The van der Waals surface area contributed by atoms with Crippen molar-refractivity contribution < 1.29 is 8.42 Å². The number of nitrogen functional groups attached to an aromatic ring is 1. The van der Waals surface area contributed by atoms with Crippen LogP contribution in [0.3, 0.4) is 0 Å². The van der Waals surface area contributed by atoms with Gasteiger partial charge < -0.3 is 5.73 Å². The maximum Gasteiger partial charge on any atom is 0.262 e. The van der Waals surface area contributed by atoms with E-state index < -0.39 is 10.0 Å². The van der Waals surface area contributed by atoms with E-state index in [-0.39, 0.29) is 4.90 Å². The Morgan fingerprint density at radius 3 is 2.38 bits per heavy atom. The Bertz CT molecular complexity index is 759. The fraction of sp³-hybridized carbons (Fsp3) is 0.143. The van der Waals surface area contributed by atoms with E-state index >= 15 is 0 Å². The van der Waals surface area contributed by atoms with Gasteiger partial charge in [-0.25, -0.2) is 8.42 Å². The van der Waals surface area contributed by atoms with Gasteiger partial charge in [-0.3, -0.25) is 4.72 Å². The van der Waals surface area contributed by atoms with Gasteiger partial charge in [0.2, 0.25) is 0 Å². The number of thioether (sulfide) groups is 1. The molecule has 2 aromatic rings. The molecule has 0 bridgehead atoms. The highest BCUT2D eigenvalue weighted by Crippen LogP contribution is 2.28. The van der Waals surface area contributed by atoms with E-state index in [0.29, 0.717) is 21.4 Å². The molecule has 0 saturated heterocycles. The highest BCUT2D eigenvalue weighted by Gasteiger charge is 2.18. The average Bonchev–Trinajstić information content (AvgIpc) is 2.43. The van der Waals surface area contributed by atoms with Gasteiger partial charge in [-0.05, 0) is 71.1 Å². The fourth-order valence-electron chi connectivity index (χ4n) is 1.83. The van der Waals surface area contributed by atoms with Crippen LogP contribution in [0.15, 0.2) is 50.7 Å². The molecule has 0 atom stereocenters. The number of hydrogen-bond acceptors (Lipinski definition) is 4. The first-order valence-electron chi connectivity index (χ1n) is 6.06. The Kier molecular flexibility index (Phi) is 4.85. The molecule has 0 amide bonds. The topological polar surface area (TPSA) is 72.2 Å². The zero-order chi connectivity index (χ0) is 15.6. The fourth-order valence-corrected chi connectivity index (χ4v) is 4.01. The van der Waals surface area contributed by atoms with Crippen LogP contribution in [0.2, 0.25) is 0 Å². The zero-order valence-corrected chi connectivity index (χ0v) is 14.8. The van der Waals surface area contributed by atoms with Crippen molar-refractivity contribution in [3.63, 3.8) is 0 Å². The standard InChI is InChI=1S/C14H15BrN2O2S2/c1-9-7-12(15)13(16)8-14(9)21(18,19)17-10-3-5-11(20-2)6-4-10/h3-8,17H,16H2,1-2H3. The number of anilines is 2. The van der Waals surface area contributed by atoms with Crippen LogP contribution in [0.4, 0.5) is 11.4 Å². The molecule has 0 aromatic heterocycles. The number of aryl methyl sites for hydroxylation is 1. The minimum Gasteiger partial charge on any atom is -0.398 e. The monoisotopic (exact) mass is 386 g/mol. The highest BCUT2D eigenvalue weighted by molar-refractivity contribution is 9.10. The molecule has 0 aliphatic rings. The van der Waals surface area contributed by atoms with E-state index in [1.807, 2.05) is 18.4 Å². The van der Waals surface area contributed by atoms with E-state index in [2.05, 4.69) is 20.7 Å². The molecule has 0 saturated carbocycles. The van der Waals surface area contributed by atoms with Crippen LogP contribution >= 0.6 is 27.7 Å². The molecule has 0 unspecified atom stereocenters. The first-order valence-corrected chi connectivity index (χ1v) is 9.56. The molecule has 0 aliphatic carbocycles. The summed E-state index contributed by atoms with van der Waals surface area (Å²) in [6.07, 6.45) is 1.97. The van der Waals surface area contributed by atoms with Crippen molar-refractivity contribution in [1.82, 2.24) is 0 Å². The quantitative estimate of drug-likeness (QED) is 0.617. The van der Waals surface area contributed by atoms with Crippen molar-refractivity contribution in [2.45, 2.75) is 16.7 Å². The second-order valence-electron chi connectivity index (χ2n) is 4.47. The Balaban J connectivity index is 2.35. The molecule has 0 aliphatic heterocycles. The molecule has 2 aromatic carbocycles. The lowest BCUT2D eigenvalue weighted by Crippen LogP contribution is -2.14. The normalized spacial score (nSPS) is 11.4. The smallest absolute Gasteiger partial charge is 0.262 e. The Labute approximate surface area is 137 Å². The van der Waals surface area contributed by atoms with Crippen LogP contribution in [0.25, 0.3) is 0 Å². The summed E-state index contributed by atoms with van der Waals surface area (Å²) in [4.78, 5) is 1.25.